The monoisotopic (exact) mass is 262 g/mol. The van der Waals surface area contributed by atoms with Crippen LogP contribution in [0, 0.1) is 18.3 Å². The summed E-state index contributed by atoms with van der Waals surface area (Å²) in [6.45, 7) is 1.68. The minimum atomic E-state index is -3.68. The van der Waals surface area contributed by atoms with Gasteiger partial charge in [-0.3, -0.25) is 0 Å². The van der Waals surface area contributed by atoms with E-state index in [1.54, 1.807) is 6.92 Å². The normalized spacial score (nSPS) is 10.9. The van der Waals surface area contributed by atoms with Gasteiger partial charge in [-0.2, -0.15) is 5.26 Å². The number of hydrogen-bond acceptors (Lipinski definition) is 4. The molecule has 1 heterocycles. The van der Waals surface area contributed by atoms with Gasteiger partial charge in [0.2, 0.25) is 5.95 Å². The minimum Gasteiger partial charge on any atom is -0.330 e. The number of sulfonamides is 1. The van der Waals surface area contributed by atoms with Crippen molar-refractivity contribution < 1.29 is 8.42 Å². The van der Waals surface area contributed by atoms with Gasteiger partial charge in [0.15, 0.2) is 0 Å². The van der Waals surface area contributed by atoms with Crippen LogP contribution >= 0.6 is 0 Å². The smallest absolute Gasteiger partial charge is 0.264 e. The average molecular weight is 262 g/mol. The first-order valence-electron chi connectivity index (χ1n) is 5.06. The first kappa shape index (κ1) is 12.1. The molecule has 92 valence electrons. The number of benzene rings is 1. The predicted molar refractivity (Wildman–Crippen MR) is 65.3 cm³/mol. The van der Waals surface area contributed by atoms with E-state index in [4.69, 9.17) is 5.26 Å². The van der Waals surface area contributed by atoms with Crippen LogP contribution in [-0.4, -0.2) is 18.4 Å². The Morgan fingerprint density at radius 2 is 2.22 bits per heavy atom. The standard InChI is InChI=1S/C11H10N4O2S/c1-8-6-10(3-2-9(8)7-12)18(16,17)15-11-13-4-5-14-11/h2-6H,1H3,(H2,13,14,15). The van der Waals surface area contributed by atoms with Gasteiger partial charge in [0.25, 0.3) is 10.0 Å². The molecule has 0 amide bonds. The Morgan fingerprint density at radius 3 is 2.78 bits per heavy atom. The molecule has 7 heteroatoms. The molecule has 18 heavy (non-hydrogen) atoms. The third-order valence-corrected chi connectivity index (χ3v) is 3.69. The van der Waals surface area contributed by atoms with E-state index in [0.29, 0.717) is 11.1 Å². The number of hydrogen-bond donors (Lipinski definition) is 2. The molecule has 0 saturated heterocycles. The van der Waals surface area contributed by atoms with Gasteiger partial charge in [-0.25, -0.2) is 18.1 Å². The van der Waals surface area contributed by atoms with E-state index in [2.05, 4.69) is 14.7 Å². The van der Waals surface area contributed by atoms with E-state index in [1.807, 2.05) is 6.07 Å². The molecule has 2 rings (SSSR count). The van der Waals surface area contributed by atoms with Crippen LogP contribution < -0.4 is 4.72 Å². The Kier molecular flexibility index (Phi) is 3.04. The Labute approximate surface area is 104 Å². The lowest BCUT2D eigenvalue weighted by Gasteiger charge is -2.06. The van der Waals surface area contributed by atoms with Gasteiger partial charge >= 0.3 is 0 Å². The number of nitriles is 1. The number of H-pyrrole nitrogens is 1. The van der Waals surface area contributed by atoms with Gasteiger partial charge in [0.1, 0.15) is 0 Å². The van der Waals surface area contributed by atoms with Crippen LogP contribution in [0.5, 0.6) is 0 Å². The summed E-state index contributed by atoms with van der Waals surface area (Å²) in [5.41, 5.74) is 1.06. The van der Waals surface area contributed by atoms with Crippen LogP contribution in [0.3, 0.4) is 0 Å². The van der Waals surface area contributed by atoms with E-state index in [0.717, 1.165) is 0 Å². The second-order valence-electron chi connectivity index (χ2n) is 3.63. The highest BCUT2D eigenvalue weighted by molar-refractivity contribution is 7.92. The summed E-state index contributed by atoms with van der Waals surface area (Å²) in [7, 11) is -3.68. The largest absolute Gasteiger partial charge is 0.330 e. The molecule has 0 atom stereocenters. The topological polar surface area (TPSA) is 98.6 Å². The molecule has 2 N–H and O–H groups in total. The van der Waals surface area contributed by atoms with Crippen molar-refractivity contribution in [2.24, 2.45) is 0 Å². The van der Waals surface area contributed by atoms with Crippen molar-refractivity contribution in [3.63, 3.8) is 0 Å². The SMILES string of the molecule is Cc1cc(S(=O)(=O)Nc2ncc[nH]2)ccc1C#N. The average Bonchev–Trinajstić information content (AvgIpc) is 2.81. The zero-order valence-electron chi connectivity index (χ0n) is 9.51. The minimum absolute atomic E-state index is 0.0930. The number of nitrogens with zero attached hydrogens (tertiary/aromatic N) is 2. The number of aryl methyl sites for hydroxylation is 1. The van der Waals surface area contributed by atoms with Crippen molar-refractivity contribution in [3.8, 4) is 6.07 Å². The predicted octanol–water partition coefficient (Wildman–Crippen LogP) is 1.39. The van der Waals surface area contributed by atoms with Crippen molar-refractivity contribution in [3.05, 3.63) is 41.7 Å². The van der Waals surface area contributed by atoms with Crippen LogP contribution in [0.1, 0.15) is 11.1 Å². The summed E-state index contributed by atoms with van der Waals surface area (Å²) in [5, 5.41) is 8.79. The zero-order valence-corrected chi connectivity index (χ0v) is 10.3. The molecule has 0 saturated carbocycles. The van der Waals surface area contributed by atoms with Gasteiger partial charge in [-0.15, -0.1) is 0 Å². The van der Waals surface area contributed by atoms with Crippen molar-refractivity contribution in [2.75, 3.05) is 4.72 Å². The van der Waals surface area contributed by atoms with E-state index in [-0.39, 0.29) is 10.8 Å². The molecule has 1 aromatic heterocycles. The fraction of sp³-hybridized carbons (Fsp3) is 0.0909. The third-order valence-electron chi connectivity index (χ3n) is 2.36. The molecule has 0 aliphatic heterocycles. The molecule has 0 bridgehead atoms. The van der Waals surface area contributed by atoms with Gasteiger partial charge < -0.3 is 4.98 Å². The Balaban J connectivity index is 2.36. The van der Waals surface area contributed by atoms with E-state index in [9.17, 15) is 8.42 Å². The molecule has 0 fully saturated rings. The quantitative estimate of drug-likeness (QED) is 0.873. The summed E-state index contributed by atoms with van der Waals surface area (Å²) in [4.78, 5) is 6.52. The summed E-state index contributed by atoms with van der Waals surface area (Å²) in [6.07, 6.45) is 2.96. The number of aromatic amines is 1. The van der Waals surface area contributed by atoms with Gasteiger partial charge in [-0.05, 0) is 30.7 Å². The lowest BCUT2D eigenvalue weighted by Crippen LogP contribution is -2.14. The Hall–Kier alpha value is -2.33. The lowest BCUT2D eigenvalue weighted by molar-refractivity contribution is 0.601. The number of rotatable bonds is 3. The van der Waals surface area contributed by atoms with Gasteiger partial charge in [-0.1, -0.05) is 0 Å². The molecule has 0 aliphatic rings. The number of aromatic nitrogens is 2. The van der Waals surface area contributed by atoms with Crippen LogP contribution in [0.15, 0.2) is 35.5 Å². The van der Waals surface area contributed by atoms with Crippen molar-refractivity contribution >= 4 is 16.0 Å². The molecule has 0 aliphatic carbocycles. The first-order chi connectivity index (χ1) is 8.53. The Morgan fingerprint density at radius 1 is 1.44 bits per heavy atom. The molecule has 6 nitrogen and oxygen atoms in total. The maximum absolute atomic E-state index is 12.0. The second-order valence-corrected chi connectivity index (χ2v) is 5.31. The molecular weight excluding hydrogens is 252 g/mol. The zero-order chi connectivity index (χ0) is 13.2. The number of anilines is 1. The molecule has 0 spiro atoms. The highest BCUT2D eigenvalue weighted by Crippen LogP contribution is 2.16. The summed E-state index contributed by atoms with van der Waals surface area (Å²) in [6, 6.07) is 6.30. The van der Waals surface area contributed by atoms with Gasteiger partial charge in [0, 0.05) is 12.4 Å². The van der Waals surface area contributed by atoms with Crippen LogP contribution in [0.4, 0.5) is 5.95 Å². The van der Waals surface area contributed by atoms with E-state index >= 15 is 0 Å². The molecule has 2 aromatic rings. The van der Waals surface area contributed by atoms with Gasteiger partial charge in [0.05, 0.1) is 16.5 Å². The van der Waals surface area contributed by atoms with Crippen LogP contribution in [-0.2, 0) is 10.0 Å². The molecule has 1 aromatic carbocycles. The Bertz CT molecular complexity index is 699. The highest BCUT2D eigenvalue weighted by atomic mass is 32.2. The highest BCUT2D eigenvalue weighted by Gasteiger charge is 2.16. The van der Waals surface area contributed by atoms with Crippen molar-refractivity contribution in [2.45, 2.75) is 11.8 Å². The molecular formula is C11H10N4O2S. The third kappa shape index (κ3) is 2.33. The maximum atomic E-state index is 12.0. The summed E-state index contributed by atoms with van der Waals surface area (Å²) < 4.78 is 26.3. The lowest BCUT2D eigenvalue weighted by atomic mass is 10.1. The number of nitrogens with one attached hydrogen (secondary N) is 2. The summed E-state index contributed by atoms with van der Waals surface area (Å²) in [5.74, 6) is 0.150. The molecule has 0 radical (unpaired) electrons. The van der Waals surface area contributed by atoms with Crippen LogP contribution in [0.2, 0.25) is 0 Å². The van der Waals surface area contributed by atoms with Crippen molar-refractivity contribution in [1.82, 2.24) is 9.97 Å². The fourth-order valence-corrected chi connectivity index (χ4v) is 2.50. The second kappa shape index (κ2) is 4.50. The summed E-state index contributed by atoms with van der Waals surface area (Å²) >= 11 is 0. The maximum Gasteiger partial charge on any atom is 0.264 e. The van der Waals surface area contributed by atoms with E-state index < -0.39 is 10.0 Å². The fourth-order valence-electron chi connectivity index (χ4n) is 1.44. The number of imidazole rings is 1. The van der Waals surface area contributed by atoms with E-state index in [1.165, 1.54) is 30.6 Å². The molecule has 0 unspecified atom stereocenters. The van der Waals surface area contributed by atoms with Crippen LogP contribution in [0.25, 0.3) is 0 Å². The van der Waals surface area contributed by atoms with Crippen molar-refractivity contribution in [1.29, 1.82) is 5.26 Å². The first-order valence-corrected chi connectivity index (χ1v) is 6.54.